The van der Waals surface area contributed by atoms with Crippen molar-refractivity contribution in [3.05, 3.63) is 52.8 Å². The average Bonchev–Trinajstić information content (AvgIpc) is 2.64. The van der Waals surface area contributed by atoms with Crippen LogP contribution in [-0.2, 0) is 18.0 Å². The van der Waals surface area contributed by atoms with Gasteiger partial charge in [0.2, 0.25) is 0 Å². The van der Waals surface area contributed by atoms with Gasteiger partial charge in [0.05, 0.1) is 37.5 Å². The molecule has 0 bridgehead atoms. The third kappa shape index (κ3) is 6.50. The average molecular weight is 363 g/mol. The smallest absolute Gasteiger partial charge is 0.306 e. The van der Waals surface area contributed by atoms with Crippen LogP contribution in [0, 0.1) is 6.92 Å². The molecule has 140 valence electrons. The van der Waals surface area contributed by atoms with Crippen LogP contribution in [0.15, 0.2) is 30.5 Å². The monoisotopic (exact) mass is 363 g/mol. The molecule has 0 amide bonds. The van der Waals surface area contributed by atoms with Crippen LogP contribution in [0.1, 0.15) is 33.6 Å². The Morgan fingerprint density at radius 3 is 2.35 bits per heavy atom. The molecular weight excluding hydrogens is 342 g/mol. The van der Waals surface area contributed by atoms with Crippen LogP contribution in [-0.4, -0.2) is 44.3 Å². The van der Waals surface area contributed by atoms with E-state index in [1.807, 2.05) is 0 Å². The van der Waals surface area contributed by atoms with Crippen molar-refractivity contribution in [2.24, 2.45) is 0 Å². The maximum absolute atomic E-state index is 10.5. The van der Waals surface area contributed by atoms with Gasteiger partial charge >= 0.3 is 5.97 Å². The highest BCUT2D eigenvalue weighted by molar-refractivity contribution is 5.81. The summed E-state index contributed by atoms with van der Waals surface area (Å²) in [4.78, 5) is 24.4. The molecule has 0 atom stereocenters. The largest absolute Gasteiger partial charge is 0.505 e. The van der Waals surface area contributed by atoms with E-state index >= 15 is 0 Å². The van der Waals surface area contributed by atoms with Gasteiger partial charge in [0, 0.05) is 11.8 Å². The number of hydrogen-bond donors (Lipinski definition) is 4. The number of carboxylic acid groups (broad SMARTS) is 1. The Morgan fingerprint density at radius 1 is 1.19 bits per heavy atom. The standard InChI is InChI=1S/C10H12O4.C8H9NO3/c11-7-8-1-3-9(4-2-8)14-6-5-10(12)13;1-5-8(12)7(4-11)6(3-10)2-9-5/h1-4,11H,5-7H2,(H,12,13);2,4,10,12H,3H2,1H3. The van der Waals surface area contributed by atoms with Crippen LogP contribution >= 0.6 is 0 Å². The lowest BCUT2D eigenvalue weighted by molar-refractivity contribution is -0.137. The molecule has 0 aliphatic carbocycles. The van der Waals surface area contributed by atoms with Crippen LogP contribution in [0.2, 0.25) is 0 Å². The third-order valence-electron chi connectivity index (χ3n) is 3.34. The first-order chi connectivity index (χ1) is 12.4. The van der Waals surface area contributed by atoms with Crippen LogP contribution in [0.4, 0.5) is 0 Å². The lowest BCUT2D eigenvalue weighted by atomic mass is 10.1. The molecule has 1 aromatic carbocycles. The van der Waals surface area contributed by atoms with Crippen molar-refractivity contribution < 1.29 is 34.8 Å². The molecule has 26 heavy (non-hydrogen) atoms. The second-order valence-corrected chi connectivity index (χ2v) is 5.20. The van der Waals surface area contributed by atoms with Crippen LogP contribution in [0.5, 0.6) is 11.5 Å². The number of carbonyl (C=O) groups is 2. The summed E-state index contributed by atoms with van der Waals surface area (Å²) >= 11 is 0. The zero-order valence-electron chi connectivity index (χ0n) is 14.3. The molecule has 0 saturated carbocycles. The number of hydrogen-bond acceptors (Lipinski definition) is 7. The number of carbonyl (C=O) groups excluding carboxylic acids is 1. The molecule has 4 N–H and O–H groups in total. The van der Waals surface area contributed by atoms with Gasteiger partial charge in [-0.25, -0.2) is 0 Å². The van der Waals surface area contributed by atoms with Gasteiger partial charge in [0.1, 0.15) is 11.5 Å². The van der Waals surface area contributed by atoms with E-state index in [0.717, 1.165) is 5.56 Å². The topological polar surface area (TPSA) is 137 Å². The molecule has 0 aliphatic rings. The first-order valence-corrected chi connectivity index (χ1v) is 7.70. The minimum atomic E-state index is -0.878. The lowest BCUT2D eigenvalue weighted by Gasteiger charge is -2.04. The second-order valence-electron chi connectivity index (χ2n) is 5.20. The Labute approximate surface area is 150 Å². The Bertz CT molecular complexity index is 729. The highest BCUT2D eigenvalue weighted by Gasteiger charge is 2.09. The highest BCUT2D eigenvalue weighted by atomic mass is 16.5. The van der Waals surface area contributed by atoms with Crippen molar-refractivity contribution in [2.75, 3.05) is 6.61 Å². The molecular formula is C18H21NO7. The van der Waals surface area contributed by atoms with E-state index in [1.165, 1.54) is 6.20 Å². The number of nitrogens with zero attached hydrogens (tertiary/aromatic N) is 1. The first-order valence-electron chi connectivity index (χ1n) is 7.70. The number of rotatable bonds is 7. The molecule has 1 heterocycles. The van der Waals surface area contributed by atoms with Gasteiger partial charge in [-0.3, -0.25) is 14.6 Å². The minimum Gasteiger partial charge on any atom is -0.505 e. The van der Waals surface area contributed by atoms with Crippen molar-refractivity contribution in [3.8, 4) is 11.5 Å². The number of aromatic nitrogens is 1. The Balaban J connectivity index is 0.000000263. The Morgan fingerprint density at radius 2 is 1.85 bits per heavy atom. The minimum absolute atomic E-state index is 0.00456. The Kier molecular flexibility index (Phi) is 8.76. The summed E-state index contributed by atoms with van der Waals surface area (Å²) in [6.45, 7) is 1.45. The predicted molar refractivity (Wildman–Crippen MR) is 92.1 cm³/mol. The summed E-state index contributed by atoms with van der Waals surface area (Å²) in [7, 11) is 0. The number of ether oxygens (including phenoxy) is 1. The molecule has 8 heteroatoms. The molecule has 1 aromatic heterocycles. The number of aliphatic hydroxyl groups excluding tert-OH is 2. The zero-order valence-corrected chi connectivity index (χ0v) is 14.3. The van der Waals surface area contributed by atoms with Crippen molar-refractivity contribution in [3.63, 3.8) is 0 Å². The number of aliphatic carboxylic acids is 1. The predicted octanol–water partition coefficient (Wildman–Crippen LogP) is 1.43. The molecule has 0 aliphatic heterocycles. The van der Waals surface area contributed by atoms with Crippen LogP contribution in [0.25, 0.3) is 0 Å². The van der Waals surface area contributed by atoms with Crippen LogP contribution in [0.3, 0.4) is 0 Å². The summed E-state index contributed by atoms with van der Waals surface area (Å²) < 4.78 is 5.15. The van der Waals surface area contributed by atoms with Gasteiger partial charge < -0.3 is 25.2 Å². The molecule has 0 unspecified atom stereocenters. The summed E-state index contributed by atoms with van der Waals surface area (Å²) in [6.07, 6.45) is 1.87. The number of aromatic hydroxyl groups is 1. The lowest BCUT2D eigenvalue weighted by Crippen LogP contribution is -2.04. The summed E-state index contributed by atoms with van der Waals surface area (Å²) in [6, 6.07) is 6.87. The maximum atomic E-state index is 10.5. The SMILES string of the molecule is Cc1ncc(CO)c(C=O)c1O.O=C(O)CCOc1ccc(CO)cc1. The maximum Gasteiger partial charge on any atom is 0.306 e. The van der Waals surface area contributed by atoms with Gasteiger partial charge in [-0.1, -0.05) is 12.1 Å². The molecule has 2 aromatic rings. The number of aldehydes is 1. The second kappa shape index (κ2) is 10.8. The molecule has 0 radical (unpaired) electrons. The number of aliphatic hydroxyl groups is 2. The van der Waals surface area contributed by atoms with E-state index in [9.17, 15) is 14.7 Å². The zero-order chi connectivity index (χ0) is 19.5. The summed E-state index contributed by atoms with van der Waals surface area (Å²) in [5.74, 6) is -0.419. The molecule has 0 spiro atoms. The molecule has 0 saturated heterocycles. The fourth-order valence-corrected chi connectivity index (χ4v) is 1.86. The van der Waals surface area contributed by atoms with Gasteiger partial charge in [0.25, 0.3) is 0 Å². The van der Waals surface area contributed by atoms with Gasteiger partial charge in [-0.05, 0) is 24.6 Å². The fraction of sp³-hybridized carbons (Fsp3) is 0.278. The van der Waals surface area contributed by atoms with Gasteiger partial charge in [-0.2, -0.15) is 0 Å². The molecule has 0 fully saturated rings. The first kappa shape index (κ1) is 21.1. The normalized spacial score (nSPS) is 9.81. The van der Waals surface area contributed by atoms with Crippen LogP contribution < -0.4 is 4.74 Å². The van der Waals surface area contributed by atoms with E-state index < -0.39 is 5.97 Å². The quantitative estimate of drug-likeness (QED) is 0.542. The van der Waals surface area contributed by atoms with E-state index in [0.29, 0.717) is 23.3 Å². The fourth-order valence-electron chi connectivity index (χ4n) is 1.86. The van der Waals surface area contributed by atoms with E-state index in [1.54, 1.807) is 31.2 Å². The third-order valence-corrected chi connectivity index (χ3v) is 3.34. The van der Waals surface area contributed by atoms with E-state index in [4.69, 9.17) is 20.1 Å². The number of aryl methyl sites for hydroxylation is 1. The van der Waals surface area contributed by atoms with Crippen molar-refractivity contribution in [2.45, 2.75) is 26.6 Å². The molecule has 2 rings (SSSR count). The van der Waals surface area contributed by atoms with E-state index in [2.05, 4.69) is 4.98 Å². The summed E-state index contributed by atoms with van der Waals surface area (Å²) in [5, 5.41) is 35.2. The number of pyridine rings is 1. The molecule has 8 nitrogen and oxygen atoms in total. The van der Waals surface area contributed by atoms with Gasteiger partial charge in [-0.15, -0.1) is 0 Å². The van der Waals surface area contributed by atoms with Crippen molar-refractivity contribution >= 4 is 12.3 Å². The van der Waals surface area contributed by atoms with Crippen molar-refractivity contribution in [1.82, 2.24) is 4.98 Å². The Hall–Kier alpha value is -2.97. The summed E-state index contributed by atoms with van der Waals surface area (Å²) in [5.41, 5.74) is 1.64. The van der Waals surface area contributed by atoms with E-state index in [-0.39, 0.29) is 37.6 Å². The van der Waals surface area contributed by atoms with Crippen molar-refractivity contribution in [1.29, 1.82) is 0 Å². The van der Waals surface area contributed by atoms with Gasteiger partial charge in [0.15, 0.2) is 6.29 Å². The number of carboxylic acids is 1. The highest BCUT2D eigenvalue weighted by Crippen LogP contribution is 2.21. The number of benzene rings is 1.